The minimum atomic E-state index is -0.165. The molecule has 0 aliphatic carbocycles. The van der Waals surface area contributed by atoms with E-state index in [0.29, 0.717) is 27.8 Å². The second-order valence-corrected chi connectivity index (χ2v) is 6.54. The molecular formula is C19H17Cl2N3O. The van der Waals surface area contributed by atoms with Crippen LogP contribution in [0.25, 0.3) is 0 Å². The van der Waals surface area contributed by atoms with E-state index in [1.807, 2.05) is 32.0 Å². The molecule has 0 bridgehead atoms. The molecule has 0 atom stereocenters. The summed E-state index contributed by atoms with van der Waals surface area (Å²) in [6.45, 7) is 4.20. The van der Waals surface area contributed by atoms with E-state index < -0.39 is 0 Å². The van der Waals surface area contributed by atoms with Gasteiger partial charge in [-0.15, -0.1) is 0 Å². The lowest BCUT2D eigenvalue weighted by Gasteiger charge is -2.10. The van der Waals surface area contributed by atoms with Crippen molar-refractivity contribution in [2.75, 3.05) is 5.32 Å². The van der Waals surface area contributed by atoms with Gasteiger partial charge >= 0.3 is 0 Å². The summed E-state index contributed by atoms with van der Waals surface area (Å²) in [6.07, 6.45) is 0. The van der Waals surface area contributed by atoms with Gasteiger partial charge in [-0.3, -0.25) is 9.48 Å². The predicted molar refractivity (Wildman–Crippen MR) is 102 cm³/mol. The largest absolute Gasteiger partial charge is 0.319 e. The molecule has 0 fully saturated rings. The number of hydrogen-bond donors (Lipinski definition) is 1. The van der Waals surface area contributed by atoms with E-state index in [1.54, 1.807) is 35.0 Å². The molecule has 1 N–H and O–H groups in total. The SMILES string of the molecule is Cc1nn(Cc2c(Cl)cccc2Cl)c(C)c1NC(=O)c1ccccc1. The average molecular weight is 374 g/mol. The Labute approximate surface area is 156 Å². The molecule has 1 amide bonds. The summed E-state index contributed by atoms with van der Waals surface area (Å²) >= 11 is 12.5. The Hall–Kier alpha value is -2.30. The Morgan fingerprint density at radius 3 is 2.32 bits per heavy atom. The third kappa shape index (κ3) is 3.70. The molecule has 128 valence electrons. The molecule has 1 heterocycles. The molecule has 0 radical (unpaired) electrons. The molecule has 0 unspecified atom stereocenters. The number of hydrogen-bond acceptors (Lipinski definition) is 2. The molecule has 0 aliphatic heterocycles. The highest BCUT2D eigenvalue weighted by atomic mass is 35.5. The molecule has 0 spiro atoms. The number of aromatic nitrogens is 2. The number of benzene rings is 2. The number of nitrogens with zero attached hydrogens (tertiary/aromatic N) is 2. The summed E-state index contributed by atoms with van der Waals surface area (Å²) in [5.41, 5.74) is 3.69. The van der Waals surface area contributed by atoms with Crippen molar-refractivity contribution in [3.63, 3.8) is 0 Å². The maximum atomic E-state index is 12.4. The van der Waals surface area contributed by atoms with Crippen LogP contribution in [-0.2, 0) is 6.54 Å². The minimum absolute atomic E-state index is 0.165. The third-order valence-electron chi connectivity index (χ3n) is 4.03. The van der Waals surface area contributed by atoms with Crippen molar-refractivity contribution in [1.29, 1.82) is 0 Å². The average Bonchev–Trinajstić information content (AvgIpc) is 2.86. The number of amides is 1. The summed E-state index contributed by atoms with van der Waals surface area (Å²) in [6, 6.07) is 14.5. The molecule has 4 nitrogen and oxygen atoms in total. The molecule has 0 saturated heterocycles. The first-order valence-electron chi connectivity index (χ1n) is 7.80. The zero-order valence-corrected chi connectivity index (χ0v) is 15.4. The molecule has 1 aromatic heterocycles. The van der Waals surface area contributed by atoms with Gasteiger partial charge in [0.15, 0.2) is 0 Å². The highest BCUT2D eigenvalue weighted by Gasteiger charge is 2.16. The summed E-state index contributed by atoms with van der Waals surface area (Å²) in [4.78, 5) is 12.4. The molecule has 6 heteroatoms. The molecule has 0 aliphatic rings. The Balaban J connectivity index is 1.87. The molecule has 0 saturated carbocycles. The van der Waals surface area contributed by atoms with Crippen LogP contribution in [0.3, 0.4) is 0 Å². The normalized spacial score (nSPS) is 10.7. The van der Waals surface area contributed by atoms with Gasteiger partial charge < -0.3 is 5.32 Å². The van der Waals surface area contributed by atoms with Gasteiger partial charge in [0.25, 0.3) is 5.91 Å². The van der Waals surface area contributed by atoms with E-state index in [9.17, 15) is 4.79 Å². The number of aryl methyl sites for hydroxylation is 1. The van der Waals surface area contributed by atoms with Crippen molar-refractivity contribution in [3.05, 3.63) is 81.1 Å². The smallest absolute Gasteiger partial charge is 0.255 e. The molecular weight excluding hydrogens is 357 g/mol. The summed E-state index contributed by atoms with van der Waals surface area (Å²) < 4.78 is 1.79. The van der Waals surface area contributed by atoms with Crippen LogP contribution in [0.1, 0.15) is 27.3 Å². The first kappa shape index (κ1) is 17.5. The van der Waals surface area contributed by atoms with Gasteiger partial charge in [0.1, 0.15) is 0 Å². The van der Waals surface area contributed by atoms with Crippen LogP contribution < -0.4 is 5.32 Å². The fraction of sp³-hybridized carbons (Fsp3) is 0.158. The first-order chi connectivity index (χ1) is 12.0. The topological polar surface area (TPSA) is 46.9 Å². The van der Waals surface area contributed by atoms with Gasteiger partial charge in [-0.05, 0) is 38.1 Å². The van der Waals surface area contributed by atoms with E-state index in [1.165, 1.54) is 0 Å². The van der Waals surface area contributed by atoms with E-state index in [-0.39, 0.29) is 5.91 Å². The van der Waals surface area contributed by atoms with Crippen LogP contribution in [0.4, 0.5) is 5.69 Å². The summed E-state index contributed by atoms with van der Waals surface area (Å²) in [7, 11) is 0. The molecule has 2 aromatic carbocycles. The minimum Gasteiger partial charge on any atom is -0.319 e. The Morgan fingerprint density at radius 1 is 1.04 bits per heavy atom. The van der Waals surface area contributed by atoms with Crippen LogP contribution >= 0.6 is 23.2 Å². The zero-order chi connectivity index (χ0) is 18.0. The van der Waals surface area contributed by atoms with Crippen LogP contribution in [-0.4, -0.2) is 15.7 Å². The lowest BCUT2D eigenvalue weighted by Crippen LogP contribution is -2.13. The van der Waals surface area contributed by atoms with E-state index in [2.05, 4.69) is 10.4 Å². The maximum Gasteiger partial charge on any atom is 0.255 e. The quantitative estimate of drug-likeness (QED) is 0.690. The lowest BCUT2D eigenvalue weighted by molar-refractivity contribution is 0.102. The number of carbonyl (C=O) groups excluding carboxylic acids is 1. The highest BCUT2D eigenvalue weighted by molar-refractivity contribution is 6.35. The molecule has 3 rings (SSSR count). The first-order valence-corrected chi connectivity index (χ1v) is 8.56. The van der Waals surface area contributed by atoms with Gasteiger partial charge in [-0.2, -0.15) is 5.10 Å². The lowest BCUT2D eigenvalue weighted by atomic mass is 10.2. The van der Waals surface area contributed by atoms with Crippen molar-refractivity contribution in [3.8, 4) is 0 Å². The van der Waals surface area contributed by atoms with Crippen LogP contribution in [0.15, 0.2) is 48.5 Å². The van der Waals surface area contributed by atoms with Crippen molar-refractivity contribution >= 4 is 34.8 Å². The fourth-order valence-corrected chi connectivity index (χ4v) is 3.16. The van der Waals surface area contributed by atoms with Crippen LogP contribution in [0, 0.1) is 13.8 Å². The van der Waals surface area contributed by atoms with Crippen LogP contribution in [0.5, 0.6) is 0 Å². The third-order valence-corrected chi connectivity index (χ3v) is 4.73. The van der Waals surface area contributed by atoms with Gasteiger partial charge in [-0.25, -0.2) is 0 Å². The maximum absolute atomic E-state index is 12.4. The number of rotatable bonds is 4. The molecule has 25 heavy (non-hydrogen) atoms. The standard InChI is InChI=1S/C19H17Cl2N3O/c1-12-18(22-19(25)14-7-4-3-5-8-14)13(2)24(23-12)11-15-16(20)9-6-10-17(15)21/h3-10H,11H2,1-2H3,(H,22,25). The monoisotopic (exact) mass is 373 g/mol. The predicted octanol–water partition coefficient (Wildman–Crippen LogP) is 5.11. The van der Waals surface area contributed by atoms with E-state index in [0.717, 1.165) is 17.0 Å². The van der Waals surface area contributed by atoms with Crippen molar-refractivity contribution in [2.24, 2.45) is 0 Å². The van der Waals surface area contributed by atoms with E-state index >= 15 is 0 Å². The van der Waals surface area contributed by atoms with Crippen molar-refractivity contribution in [2.45, 2.75) is 20.4 Å². The number of halogens is 2. The van der Waals surface area contributed by atoms with Gasteiger partial charge in [0.2, 0.25) is 0 Å². The van der Waals surface area contributed by atoms with Crippen molar-refractivity contribution in [1.82, 2.24) is 9.78 Å². The summed E-state index contributed by atoms with van der Waals surface area (Å²) in [5.74, 6) is -0.165. The van der Waals surface area contributed by atoms with Crippen LogP contribution in [0.2, 0.25) is 10.0 Å². The summed E-state index contributed by atoms with van der Waals surface area (Å²) in [5, 5.41) is 8.65. The number of nitrogens with one attached hydrogen (secondary N) is 1. The second kappa shape index (κ2) is 7.30. The van der Waals surface area contributed by atoms with Crippen molar-refractivity contribution < 1.29 is 4.79 Å². The Morgan fingerprint density at radius 2 is 1.68 bits per heavy atom. The highest BCUT2D eigenvalue weighted by Crippen LogP contribution is 2.27. The zero-order valence-electron chi connectivity index (χ0n) is 13.9. The Bertz CT molecular complexity index is 900. The number of anilines is 1. The van der Waals surface area contributed by atoms with Gasteiger partial charge in [0, 0.05) is 21.2 Å². The van der Waals surface area contributed by atoms with Gasteiger partial charge in [0.05, 0.1) is 23.6 Å². The van der Waals surface area contributed by atoms with E-state index in [4.69, 9.17) is 23.2 Å². The fourth-order valence-electron chi connectivity index (χ4n) is 2.64. The Kier molecular flexibility index (Phi) is 5.11. The molecule has 3 aromatic rings. The van der Waals surface area contributed by atoms with Gasteiger partial charge in [-0.1, -0.05) is 47.5 Å². The number of carbonyl (C=O) groups is 1. The second-order valence-electron chi connectivity index (χ2n) is 5.72.